The van der Waals surface area contributed by atoms with Crippen LogP contribution in [-0.4, -0.2) is 12.7 Å². The van der Waals surface area contributed by atoms with Crippen molar-refractivity contribution < 1.29 is 35.8 Å². The number of rotatable bonds is 10. The van der Waals surface area contributed by atoms with Crippen LogP contribution in [0.15, 0.2) is 24.3 Å². The lowest BCUT2D eigenvalue weighted by molar-refractivity contribution is -0.132. The number of alkyl halides is 4. The van der Waals surface area contributed by atoms with Crippen molar-refractivity contribution in [2.45, 2.75) is 110 Å². The molecule has 3 saturated carbocycles. The van der Waals surface area contributed by atoms with Gasteiger partial charge in [0.2, 0.25) is 0 Å². The quantitative estimate of drug-likeness (QED) is 0.209. The number of hydrogen-bond acceptors (Lipinski definition) is 2. The average molecular weight is 561 g/mol. The second kappa shape index (κ2) is 13.7. The topological polar surface area (TPSA) is 18.5 Å². The Kier molecular flexibility index (Phi) is 10.6. The van der Waals surface area contributed by atoms with E-state index in [1.807, 2.05) is 0 Å². The van der Waals surface area contributed by atoms with Gasteiger partial charge in [-0.05, 0) is 99.7 Å². The molecule has 2 nitrogen and oxygen atoms in total. The van der Waals surface area contributed by atoms with Gasteiger partial charge in [0.1, 0.15) is 5.75 Å². The molecule has 3 fully saturated rings. The summed E-state index contributed by atoms with van der Waals surface area (Å²) in [6, 6.07) is 0.805. The molecule has 220 valence electrons. The van der Waals surface area contributed by atoms with Crippen LogP contribution in [0.1, 0.15) is 96.8 Å². The van der Waals surface area contributed by atoms with E-state index >= 15 is 0 Å². The van der Waals surface area contributed by atoms with Crippen LogP contribution in [0.25, 0.3) is 0 Å². The van der Waals surface area contributed by atoms with Gasteiger partial charge in [-0.15, -0.1) is 0 Å². The van der Waals surface area contributed by atoms with Crippen LogP contribution in [0, 0.1) is 47.1 Å². The molecule has 0 aliphatic heterocycles. The minimum atomic E-state index is -3.80. The maximum Gasteiger partial charge on any atom is 0.419 e. The molecule has 0 N–H and O–H groups in total. The summed E-state index contributed by atoms with van der Waals surface area (Å²) in [5.74, 6) is -1.08. The van der Waals surface area contributed by atoms with E-state index in [2.05, 4.69) is 16.4 Å². The molecule has 0 aromatic heterocycles. The molecular formula is C31H42F6O2. The van der Waals surface area contributed by atoms with Crippen LogP contribution in [0.2, 0.25) is 0 Å². The summed E-state index contributed by atoms with van der Waals surface area (Å²) in [6.45, 7) is -1.16. The summed E-state index contributed by atoms with van der Waals surface area (Å²) in [5.41, 5.74) is 0. The van der Waals surface area contributed by atoms with E-state index < -0.39 is 35.9 Å². The van der Waals surface area contributed by atoms with Crippen LogP contribution in [0.4, 0.5) is 26.3 Å². The minimum Gasteiger partial charge on any atom is -0.429 e. The van der Waals surface area contributed by atoms with Gasteiger partial charge in [-0.1, -0.05) is 38.7 Å². The summed E-state index contributed by atoms with van der Waals surface area (Å²) >= 11 is 0. The summed E-state index contributed by atoms with van der Waals surface area (Å²) in [5, 5.41) is 0. The highest BCUT2D eigenvalue weighted by Crippen LogP contribution is 2.46. The van der Waals surface area contributed by atoms with E-state index in [1.54, 1.807) is 0 Å². The van der Waals surface area contributed by atoms with Crippen molar-refractivity contribution in [2.75, 3.05) is 0 Å². The number of halogens is 6. The first kappa shape index (κ1) is 30.1. The summed E-state index contributed by atoms with van der Waals surface area (Å²) in [7, 11) is 0. The molecule has 0 amide bonds. The Bertz CT molecular complexity index is 904. The number of hydrogen-bond donors (Lipinski definition) is 0. The van der Waals surface area contributed by atoms with Crippen LogP contribution < -0.4 is 9.47 Å². The van der Waals surface area contributed by atoms with Crippen molar-refractivity contribution in [3.05, 3.63) is 35.9 Å². The highest BCUT2D eigenvalue weighted by Gasteiger charge is 2.35. The Morgan fingerprint density at radius 2 is 1.26 bits per heavy atom. The molecule has 0 bridgehead atoms. The molecule has 39 heavy (non-hydrogen) atoms. The van der Waals surface area contributed by atoms with E-state index in [-0.39, 0.29) is 5.92 Å². The Morgan fingerprint density at radius 1 is 0.795 bits per heavy atom. The molecule has 1 aromatic rings. The normalized spacial score (nSPS) is 30.6. The Balaban J connectivity index is 1.20. The molecule has 4 rings (SSSR count). The van der Waals surface area contributed by atoms with Gasteiger partial charge in [0.15, 0.2) is 17.4 Å². The van der Waals surface area contributed by atoms with Gasteiger partial charge in [-0.25, -0.2) is 8.78 Å². The third kappa shape index (κ3) is 8.56. The van der Waals surface area contributed by atoms with Crippen LogP contribution in [0.3, 0.4) is 0 Å². The van der Waals surface area contributed by atoms with Crippen LogP contribution in [0.5, 0.6) is 11.5 Å². The van der Waals surface area contributed by atoms with Crippen molar-refractivity contribution >= 4 is 0 Å². The Morgan fingerprint density at radius 3 is 1.72 bits per heavy atom. The summed E-state index contributed by atoms with van der Waals surface area (Å²) < 4.78 is 89.1. The van der Waals surface area contributed by atoms with Gasteiger partial charge in [-0.3, -0.25) is 0 Å². The highest BCUT2D eigenvalue weighted by atomic mass is 19.3. The molecule has 0 atom stereocenters. The first-order chi connectivity index (χ1) is 18.6. The van der Waals surface area contributed by atoms with Crippen molar-refractivity contribution in [2.24, 2.45) is 35.5 Å². The van der Waals surface area contributed by atoms with Gasteiger partial charge in [-0.2, -0.15) is 17.6 Å². The van der Waals surface area contributed by atoms with Crippen LogP contribution in [-0.2, 0) is 0 Å². The van der Waals surface area contributed by atoms with E-state index in [0.717, 1.165) is 49.4 Å². The standard InChI is InChI=1S/C31H42F6O2/c1-2-3-20-4-8-22(9-5-20)24-12-14-25(15-13-24)23-10-6-21(7-11-23)16-17-31(36,37)39-26-18-27(32)29(28(33)19-26)38-30(34)35/h16-25,30H,2-15H2,1H3. The fraction of sp³-hybridized carbons (Fsp3) is 0.742. The fourth-order valence-corrected chi connectivity index (χ4v) is 7.49. The third-order valence-corrected chi connectivity index (χ3v) is 9.55. The fourth-order valence-electron chi connectivity index (χ4n) is 7.49. The summed E-state index contributed by atoms with van der Waals surface area (Å²) in [6.07, 6.45) is 15.6. The second-order valence-corrected chi connectivity index (χ2v) is 12.0. The first-order valence-corrected chi connectivity index (χ1v) is 14.8. The van der Waals surface area contributed by atoms with E-state index in [1.165, 1.54) is 70.3 Å². The van der Waals surface area contributed by atoms with Crippen LogP contribution >= 0.6 is 0 Å². The van der Waals surface area contributed by atoms with E-state index in [4.69, 9.17) is 0 Å². The zero-order chi connectivity index (χ0) is 28.0. The molecular weight excluding hydrogens is 518 g/mol. The van der Waals surface area contributed by atoms with Gasteiger partial charge < -0.3 is 9.47 Å². The third-order valence-electron chi connectivity index (χ3n) is 9.55. The largest absolute Gasteiger partial charge is 0.429 e. The predicted molar refractivity (Wildman–Crippen MR) is 139 cm³/mol. The number of benzene rings is 1. The zero-order valence-corrected chi connectivity index (χ0v) is 22.8. The predicted octanol–water partition coefficient (Wildman–Crippen LogP) is 10.3. The van der Waals surface area contributed by atoms with Crippen molar-refractivity contribution in [3.63, 3.8) is 0 Å². The number of allylic oxidation sites excluding steroid dienone is 1. The molecule has 0 radical (unpaired) electrons. The molecule has 8 heteroatoms. The monoisotopic (exact) mass is 560 g/mol. The summed E-state index contributed by atoms with van der Waals surface area (Å²) in [4.78, 5) is 0. The van der Waals surface area contributed by atoms with Crippen molar-refractivity contribution in [1.82, 2.24) is 0 Å². The molecule has 3 aliphatic rings. The van der Waals surface area contributed by atoms with E-state index in [0.29, 0.717) is 24.1 Å². The lowest BCUT2D eigenvalue weighted by Crippen LogP contribution is -2.29. The second-order valence-electron chi connectivity index (χ2n) is 12.0. The maximum absolute atomic E-state index is 14.4. The molecule has 3 aliphatic carbocycles. The SMILES string of the molecule is CCCC1CCC(C2CCC(C3CCC(C=CC(F)(F)Oc4cc(F)c(OC(F)F)c(F)c4)CC3)CC2)CC1. The van der Waals surface area contributed by atoms with Gasteiger partial charge >= 0.3 is 12.7 Å². The smallest absolute Gasteiger partial charge is 0.419 e. The Labute approximate surface area is 228 Å². The molecule has 0 heterocycles. The van der Waals surface area contributed by atoms with Crippen molar-refractivity contribution in [1.29, 1.82) is 0 Å². The Hall–Kier alpha value is -1.86. The lowest BCUT2D eigenvalue weighted by atomic mass is 9.65. The molecule has 0 saturated heterocycles. The van der Waals surface area contributed by atoms with Crippen molar-refractivity contribution in [3.8, 4) is 11.5 Å². The zero-order valence-electron chi connectivity index (χ0n) is 22.8. The van der Waals surface area contributed by atoms with E-state index in [9.17, 15) is 26.3 Å². The maximum atomic E-state index is 14.4. The highest BCUT2D eigenvalue weighted by molar-refractivity contribution is 5.35. The first-order valence-electron chi connectivity index (χ1n) is 14.8. The lowest BCUT2D eigenvalue weighted by Gasteiger charge is -2.41. The number of ether oxygens (including phenoxy) is 2. The average Bonchev–Trinajstić information content (AvgIpc) is 2.90. The van der Waals surface area contributed by atoms with Gasteiger partial charge in [0.25, 0.3) is 0 Å². The van der Waals surface area contributed by atoms with Gasteiger partial charge in [0, 0.05) is 18.2 Å². The molecule has 1 aromatic carbocycles. The molecule has 0 spiro atoms. The van der Waals surface area contributed by atoms with Gasteiger partial charge in [0.05, 0.1) is 0 Å². The molecule has 0 unspecified atom stereocenters. The minimum absolute atomic E-state index is 0.000611.